The molecule has 1 atom stereocenters. The second kappa shape index (κ2) is 11.4. The van der Waals surface area contributed by atoms with Crippen molar-refractivity contribution in [2.75, 3.05) is 45.2 Å². The first kappa shape index (κ1) is 24.2. The summed E-state index contributed by atoms with van der Waals surface area (Å²) in [5, 5.41) is 14.6. The second-order valence-corrected chi connectivity index (χ2v) is 9.00. The average Bonchev–Trinajstić information content (AvgIpc) is 3.22. The maximum absolute atomic E-state index is 12.5. The number of carboxylic acids is 1. The zero-order valence-corrected chi connectivity index (χ0v) is 19.3. The lowest BCUT2D eigenvalue weighted by molar-refractivity contribution is -0.144. The Morgan fingerprint density at radius 1 is 1.19 bits per heavy atom. The van der Waals surface area contributed by atoms with Crippen molar-refractivity contribution in [3.05, 3.63) is 51.2 Å². The molecule has 2 aromatic rings. The molecule has 3 rings (SSSR count). The summed E-state index contributed by atoms with van der Waals surface area (Å²) in [7, 11) is 1.27. The van der Waals surface area contributed by atoms with E-state index in [4.69, 9.17) is 16.3 Å². The van der Waals surface area contributed by atoms with Crippen LogP contribution in [0.2, 0.25) is 5.02 Å². The first-order valence-corrected chi connectivity index (χ1v) is 11.5. The van der Waals surface area contributed by atoms with Crippen molar-refractivity contribution in [3.8, 4) is 0 Å². The highest BCUT2D eigenvalue weighted by Crippen LogP contribution is 2.24. The summed E-state index contributed by atoms with van der Waals surface area (Å²) in [4.78, 5) is 40.6. The van der Waals surface area contributed by atoms with Crippen LogP contribution in [0.25, 0.3) is 0 Å². The summed E-state index contributed by atoms with van der Waals surface area (Å²) in [5.41, 5.74) is 1.48. The van der Waals surface area contributed by atoms with Crippen LogP contribution in [-0.2, 0) is 20.9 Å². The number of carboxylic acid groups (broad SMARTS) is 1. The summed E-state index contributed by atoms with van der Waals surface area (Å²) < 4.78 is 4.70. The topological polar surface area (TPSA) is 99.2 Å². The number of nitrogens with one attached hydrogen (secondary N) is 1. The largest absolute Gasteiger partial charge is 0.481 e. The van der Waals surface area contributed by atoms with Crippen molar-refractivity contribution in [3.63, 3.8) is 0 Å². The van der Waals surface area contributed by atoms with Gasteiger partial charge in [-0.05, 0) is 29.1 Å². The minimum Gasteiger partial charge on any atom is -0.481 e. The lowest BCUT2D eigenvalue weighted by Crippen LogP contribution is -2.48. The molecule has 10 heteroatoms. The average molecular weight is 480 g/mol. The zero-order chi connectivity index (χ0) is 23.1. The number of nitrogens with zero attached hydrogens (tertiary/aromatic N) is 2. The first-order valence-electron chi connectivity index (χ1n) is 10.2. The smallest absolute Gasteiger partial charge is 0.350 e. The Morgan fingerprint density at radius 2 is 1.91 bits per heavy atom. The molecule has 1 aliphatic rings. The number of ether oxygens (including phenoxy) is 1. The van der Waals surface area contributed by atoms with Gasteiger partial charge in [0.1, 0.15) is 4.88 Å². The van der Waals surface area contributed by atoms with Crippen LogP contribution in [0.3, 0.4) is 0 Å². The van der Waals surface area contributed by atoms with Gasteiger partial charge in [-0.25, -0.2) is 4.79 Å². The van der Waals surface area contributed by atoms with Gasteiger partial charge in [0.15, 0.2) is 0 Å². The highest BCUT2D eigenvalue weighted by molar-refractivity contribution is 7.12. The van der Waals surface area contributed by atoms with Crippen LogP contribution >= 0.6 is 22.9 Å². The van der Waals surface area contributed by atoms with Crippen molar-refractivity contribution < 1.29 is 24.2 Å². The molecule has 0 saturated carbocycles. The van der Waals surface area contributed by atoms with Crippen molar-refractivity contribution in [1.29, 1.82) is 0 Å². The number of amides is 1. The highest BCUT2D eigenvalue weighted by atomic mass is 35.5. The predicted octanol–water partition coefficient (Wildman–Crippen LogP) is 3.04. The number of piperazine rings is 1. The van der Waals surface area contributed by atoms with Gasteiger partial charge in [0.05, 0.1) is 18.7 Å². The molecule has 1 aromatic heterocycles. The van der Waals surface area contributed by atoms with Gasteiger partial charge in [0.25, 0.3) is 0 Å². The van der Waals surface area contributed by atoms with Crippen LogP contribution in [-0.4, -0.2) is 72.6 Å². The molecule has 8 nitrogen and oxygen atoms in total. The number of carbonyl (C=O) groups excluding carboxylic acids is 2. The number of halogens is 1. The predicted molar refractivity (Wildman–Crippen MR) is 123 cm³/mol. The molecule has 0 radical (unpaired) electrons. The number of hydrogen-bond acceptors (Lipinski definition) is 7. The van der Waals surface area contributed by atoms with Crippen LogP contribution in [0.1, 0.15) is 21.7 Å². The molecular formula is C22H26ClN3O5S. The van der Waals surface area contributed by atoms with E-state index in [9.17, 15) is 19.5 Å². The van der Waals surface area contributed by atoms with E-state index in [-0.39, 0.29) is 11.3 Å². The number of methoxy groups -OCH3 is 1. The molecular weight excluding hydrogens is 454 g/mol. The standard InChI is InChI=1S/C22H26ClN3O5S/c1-31-22(30)20-18(5-10-32-20)24-19(27)12-16(21(28)29)14-26-8-6-25(7-9-26)13-15-3-2-4-17(23)11-15/h2-5,10-11,16H,6-9,12-14H2,1H3,(H,24,27)(H,28,29)/t16-/m1/s1. The van der Waals surface area contributed by atoms with Gasteiger partial charge >= 0.3 is 11.9 Å². The van der Waals surface area contributed by atoms with Gasteiger partial charge in [-0.15, -0.1) is 11.3 Å². The van der Waals surface area contributed by atoms with Gasteiger partial charge < -0.3 is 15.2 Å². The highest BCUT2D eigenvalue weighted by Gasteiger charge is 2.27. The Hall–Kier alpha value is -2.46. The number of anilines is 1. The Bertz CT molecular complexity index is 959. The maximum Gasteiger partial charge on any atom is 0.350 e. The van der Waals surface area contributed by atoms with Crippen molar-refractivity contribution in [1.82, 2.24) is 9.80 Å². The second-order valence-electron chi connectivity index (χ2n) is 7.65. The molecule has 1 saturated heterocycles. The SMILES string of the molecule is COC(=O)c1sccc1NC(=O)C[C@H](CN1CCN(Cc2cccc(Cl)c2)CC1)C(=O)O. The van der Waals surface area contributed by atoms with E-state index < -0.39 is 23.8 Å². The zero-order valence-electron chi connectivity index (χ0n) is 17.8. The van der Waals surface area contributed by atoms with E-state index >= 15 is 0 Å². The molecule has 0 bridgehead atoms. The Kier molecular flexibility index (Phi) is 8.63. The fourth-order valence-corrected chi connectivity index (χ4v) is 4.63. The quantitative estimate of drug-likeness (QED) is 0.533. The Labute approximate surface area is 195 Å². The third kappa shape index (κ3) is 6.77. The van der Waals surface area contributed by atoms with Crippen LogP contribution in [0, 0.1) is 5.92 Å². The summed E-state index contributed by atoms with van der Waals surface area (Å²) in [6.07, 6.45) is -0.172. The van der Waals surface area contributed by atoms with Crippen molar-refractivity contribution in [2.24, 2.45) is 5.92 Å². The lowest BCUT2D eigenvalue weighted by Gasteiger charge is -2.35. The van der Waals surface area contributed by atoms with Gasteiger partial charge in [-0.3, -0.25) is 19.4 Å². The molecule has 1 aromatic carbocycles. The van der Waals surface area contributed by atoms with E-state index in [1.807, 2.05) is 24.3 Å². The summed E-state index contributed by atoms with van der Waals surface area (Å²) >= 11 is 7.21. The molecule has 0 aliphatic carbocycles. The molecule has 1 amide bonds. The van der Waals surface area contributed by atoms with Gasteiger partial charge in [0.2, 0.25) is 5.91 Å². The maximum atomic E-state index is 12.5. The molecule has 172 valence electrons. The van der Waals surface area contributed by atoms with E-state index in [0.29, 0.717) is 17.3 Å². The molecule has 0 spiro atoms. The van der Waals surface area contributed by atoms with E-state index in [1.54, 1.807) is 11.4 Å². The normalized spacial score (nSPS) is 15.8. The summed E-state index contributed by atoms with van der Waals surface area (Å²) in [6, 6.07) is 9.37. The van der Waals surface area contributed by atoms with Gasteiger partial charge in [0, 0.05) is 50.7 Å². The summed E-state index contributed by atoms with van der Waals surface area (Å²) in [6.45, 7) is 4.15. The number of esters is 1. The van der Waals surface area contributed by atoms with Gasteiger partial charge in [-0.1, -0.05) is 23.7 Å². The summed E-state index contributed by atoms with van der Waals surface area (Å²) in [5.74, 6) is -2.84. The molecule has 1 aliphatic heterocycles. The molecule has 2 heterocycles. The molecule has 0 unspecified atom stereocenters. The third-order valence-electron chi connectivity index (χ3n) is 5.33. The fourth-order valence-electron chi connectivity index (χ4n) is 3.65. The minimum absolute atomic E-state index is 0.172. The number of benzene rings is 1. The molecule has 1 fully saturated rings. The number of aliphatic carboxylic acids is 1. The van der Waals surface area contributed by atoms with Crippen LogP contribution in [0.15, 0.2) is 35.7 Å². The van der Waals surface area contributed by atoms with Crippen LogP contribution < -0.4 is 5.32 Å². The minimum atomic E-state index is -1.01. The number of carbonyl (C=O) groups is 3. The Balaban J connectivity index is 1.49. The number of rotatable bonds is 9. The molecule has 32 heavy (non-hydrogen) atoms. The van der Waals surface area contributed by atoms with Crippen molar-refractivity contribution in [2.45, 2.75) is 13.0 Å². The first-order chi connectivity index (χ1) is 15.4. The van der Waals surface area contributed by atoms with E-state index in [1.165, 1.54) is 7.11 Å². The van der Waals surface area contributed by atoms with E-state index in [2.05, 4.69) is 15.1 Å². The van der Waals surface area contributed by atoms with Crippen molar-refractivity contribution >= 4 is 46.5 Å². The van der Waals surface area contributed by atoms with Crippen LogP contribution in [0.5, 0.6) is 0 Å². The number of hydrogen-bond donors (Lipinski definition) is 2. The monoisotopic (exact) mass is 479 g/mol. The lowest BCUT2D eigenvalue weighted by atomic mass is 10.0. The Morgan fingerprint density at radius 3 is 2.56 bits per heavy atom. The number of thiophene rings is 1. The third-order valence-corrected chi connectivity index (χ3v) is 6.46. The fraction of sp³-hybridized carbons (Fsp3) is 0.409. The van der Waals surface area contributed by atoms with Crippen LogP contribution in [0.4, 0.5) is 5.69 Å². The molecule has 2 N–H and O–H groups in total. The van der Waals surface area contributed by atoms with Gasteiger partial charge in [-0.2, -0.15) is 0 Å². The van der Waals surface area contributed by atoms with E-state index in [0.717, 1.165) is 49.6 Å².